The van der Waals surface area contributed by atoms with Gasteiger partial charge in [0.25, 0.3) is 0 Å². The van der Waals surface area contributed by atoms with E-state index in [2.05, 4.69) is 4.98 Å². The molecule has 1 aliphatic rings. The van der Waals surface area contributed by atoms with Crippen molar-refractivity contribution in [2.24, 2.45) is 11.5 Å². The Morgan fingerprint density at radius 2 is 2.44 bits per heavy atom. The highest BCUT2D eigenvalue weighted by Gasteiger charge is 2.40. The van der Waals surface area contributed by atoms with E-state index in [1.807, 2.05) is 0 Å². The van der Waals surface area contributed by atoms with Crippen LogP contribution in [0.2, 0.25) is 0 Å². The molecule has 1 aromatic rings. The zero-order chi connectivity index (χ0) is 13.2. The fraction of sp³-hybridized carbons (Fsp3) is 0.273. The van der Waals surface area contributed by atoms with E-state index in [-0.39, 0.29) is 6.61 Å². The van der Waals surface area contributed by atoms with Crippen molar-refractivity contribution in [2.75, 3.05) is 13.7 Å². The van der Waals surface area contributed by atoms with E-state index in [1.165, 1.54) is 19.6 Å². The van der Waals surface area contributed by atoms with Gasteiger partial charge >= 0.3 is 0 Å². The molecule has 0 aliphatic carbocycles. The molecule has 1 unspecified atom stereocenters. The highest BCUT2D eigenvalue weighted by atomic mass is 16.5. The molecule has 0 spiro atoms. The molecule has 2 rings (SSSR count). The van der Waals surface area contributed by atoms with E-state index in [0.29, 0.717) is 11.4 Å². The van der Waals surface area contributed by atoms with Gasteiger partial charge in [-0.15, -0.1) is 0 Å². The number of hydrogen-bond acceptors (Lipinski definition) is 5. The molecule has 1 aliphatic heterocycles. The van der Waals surface area contributed by atoms with Crippen LogP contribution in [0.4, 0.5) is 0 Å². The lowest BCUT2D eigenvalue weighted by molar-refractivity contribution is -0.122. The largest absolute Gasteiger partial charge is 0.471 e. The zero-order valence-corrected chi connectivity index (χ0v) is 9.87. The van der Waals surface area contributed by atoms with Crippen LogP contribution in [-0.4, -0.2) is 34.7 Å². The van der Waals surface area contributed by atoms with Gasteiger partial charge in [-0.05, 0) is 0 Å². The van der Waals surface area contributed by atoms with E-state index in [1.54, 1.807) is 23.2 Å². The Morgan fingerprint density at radius 1 is 1.67 bits per heavy atom. The third-order valence-electron chi connectivity index (χ3n) is 2.69. The van der Waals surface area contributed by atoms with Crippen molar-refractivity contribution in [2.45, 2.75) is 5.54 Å². The molecule has 0 bridgehead atoms. The number of fused-ring (bicyclic) bond motifs is 1. The number of aromatic nitrogens is 2. The second kappa shape index (κ2) is 4.63. The Labute approximate surface area is 104 Å². The minimum absolute atomic E-state index is 0.0651. The number of nitrogens with two attached hydrogens (primary N) is 2. The third kappa shape index (κ3) is 1.89. The quantitative estimate of drug-likeness (QED) is 0.750. The van der Waals surface area contributed by atoms with Gasteiger partial charge < -0.3 is 25.5 Å². The van der Waals surface area contributed by atoms with Crippen LogP contribution in [0.3, 0.4) is 0 Å². The van der Waals surface area contributed by atoms with Crippen LogP contribution in [0, 0.1) is 0 Å². The van der Waals surface area contributed by atoms with Crippen LogP contribution >= 0.6 is 0 Å². The Kier molecular flexibility index (Phi) is 3.17. The number of hydrogen-bond donors (Lipinski definition) is 2. The van der Waals surface area contributed by atoms with Crippen LogP contribution in [0.5, 0.6) is 0 Å². The summed E-state index contributed by atoms with van der Waals surface area (Å²) in [4.78, 5) is 15.8. The molecule has 0 saturated carbocycles. The topological polar surface area (TPSA) is 105 Å². The number of nitrogens with zero attached hydrogens (tertiary/aromatic N) is 2. The summed E-state index contributed by atoms with van der Waals surface area (Å²) in [5.74, 6) is -0.224. The highest BCUT2D eigenvalue weighted by Crippen LogP contribution is 2.26. The van der Waals surface area contributed by atoms with Crippen molar-refractivity contribution < 1.29 is 14.3 Å². The first kappa shape index (κ1) is 12.3. The summed E-state index contributed by atoms with van der Waals surface area (Å²) in [6, 6.07) is 0. The number of primary amides is 1. The third-order valence-corrected chi connectivity index (χ3v) is 2.69. The van der Waals surface area contributed by atoms with Crippen LogP contribution in [-0.2, 0) is 14.3 Å². The number of ether oxygens (including phenoxy) is 2. The van der Waals surface area contributed by atoms with Gasteiger partial charge in [-0.3, -0.25) is 4.79 Å². The monoisotopic (exact) mass is 250 g/mol. The molecule has 0 aromatic carbocycles. The summed E-state index contributed by atoms with van der Waals surface area (Å²) >= 11 is 0. The summed E-state index contributed by atoms with van der Waals surface area (Å²) < 4.78 is 11.8. The van der Waals surface area contributed by atoms with Gasteiger partial charge in [0.1, 0.15) is 12.1 Å². The van der Waals surface area contributed by atoms with Crippen molar-refractivity contribution >= 4 is 17.7 Å². The lowest BCUT2D eigenvalue weighted by Gasteiger charge is -2.26. The molecule has 96 valence electrons. The lowest BCUT2D eigenvalue weighted by Crippen LogP contribution is -2.56. The average Bonchev–Trinajstić information content (AvgIpc) is 2.68. The highest BCUT2D eigenvalue weighted by molar-refractivity contribution is 5.99. The summed E-state index contributed by atoms with van der Waals surface area (Å²) in [6.07, 6.45) is 7.76. The summed E-state index contributed by atoms with van der Waals surface area (Å²) in [6.45, 7) is -0.0651. The number of rotatable bonds is 4. The molecular formula is C11H14N4O3. The number of carbonyl (C=O) groups is 1. The first-order chi connectivity index (χ1) is 8.59. The first-order valence-corrected chi connectivity index (χ1v) is 5.23. The van der Waals surface area contributed by atoms with Gasteiger partial charge in [0.2, 0.25) is 5.91 Å². The average molecular weight is 250 g/mol. The molecule has 1 atom stereocenters. The van der Waals surface area contributed by atoms with Gasteiger partial charge in [0.05, 0.1) is 18.4 Å². The summed E-state index contributed by atoms with van der Waals surface area (Å²) in [5.41, 5.74) is 10.3. The molecule has 1 amide bonds. The second-order valence-electron chi connectivity index (χ2n) is 3.88. The molecule has 18 heavy (non-hydrogen) atoms. The molecule has 4 N–H and O–H groups in total. The molecule has 0 radical (unpaired) electrons. The van der Waals surface area contributed by atoms with E-state index in [4.69, 9.17) is 20.9 Å². The predicted octanol–water partition coefficient (Wildman–Crippen LogP) is -0.488. The van der Waals surface area contributed by atoms with Gasteiger partial charge in [0.15, 0.2) is 5.54 Å². The minimum Gasteiger partial charge on any atom is -0.471 e. The number of carbonyl (C=O) groups excluding carboxylic acids is 1. The number of imidazole rings is 1. The van der Waals surface area contributed by atoms with Crippen LogP contribution in [0.25, 0.3) is 11.8 Å². The normalized spacial score (nSPS) is 17.1. The van der Waals surface area contributed by atoms with Crippen molar-refractivity contribution in [3.05, 3.63) is 30.7 Å². The Bertz CT molecular complexity index is 520. The maximum Gasteiger partial charge on any atom is 0.244 e. The maximum absolute atomic E-state index is 11.6. The van der Waals surface area contributed by atoms with Crippen molar-refractivity contribution in [3.8, 4) is 0 Å². The van der Waals surface area contributed by atoms with E-state index < -0.39 is 11.4 Å². The minimum atomic E-state index is -1.50. The van der Waals surface area contributed by atoms with Crippen LogP contribution in [0.1, 0.15) is 5.82 Å². The molecule has 2 heterocycles. The summed E-state index contributed by atoms with van der Waals surface area (Å²) in [7, 11) is 1.44. The van der Waals surface area contributed by atoms with Gasteiger partial charge in [-0.25, -0.2) is 4.98 Å². The van der Waals surface area contributed by atoms with Gasteiger partial charge in [-0.1, -0.05) is 0 Å². The Balaban J connectivity index is 2.51. The summed E-state index contributed by atoms with van der Waals surface area (Å²) in [5, 5.41) is 0. The smallest absolute Gasteiger partial charge is 0.244 e. The molecular weight excluding hydrogens is 236 g/mol. The first-order valence-electron chi connectivity index (χ1n) is 5.23. The Morgan fingerprint density at radius 3 is 3.11 bits per heavy atom. The zero-order valence-electron chi connectivity index (χ0n) is 9.87. The number of amides is 1. The van der Waals surface area contributed by atoms with E-state index in [0.717, 1.165) is 0 Å². The number of methoxy groups -OCH3 is 1. The molecule has 0 fully saturated rings. The lowest BCUT2D eigenvalue weighted by atomic mass is 9.90. The molecule has 7 heteroatoms. The molecule has 7 nitrogen and oxygen atoms in total. The fourth-order valence-electron chi connectivity index (χ4n) is 1.72. The van der Waals surface area contributed by atoms with Crippen LogP contribution < -0.4 is 11.5 Å². The van der Waals surface area contributed by atoms with Crippen molar-refractivity contribution in [1.29, 1.82) is 0 Å². The van der Waals surface area contributed by atoms with E-state index >= 15 is 0 Å². The van der Waals surface area contributed by atoms with Crippen molar-refractivity contribution in [1.82, 2.24) is 9.55 Å². The molecule has 1 aromatic heterocycles. The van der Waals surface area contributed by atoms with E-state index in [9.17, 15) is 4.79 Å². The molecule has 0 saturated heterocycles. The fourth-order valence-corrected chi connectivity index (χ4v) is 1.72. The predicted molar refractivity (Wildman–Crippen MR) is 64.6 cm³/mol. The van der Waals surface area contributed by atoms with Crippen LogP contribution in [0.15, 0.2) is 24.9 Å². The maximum atomic E-state index is 11.6. The van der Waals surface area contributed by atoms with Gasteiger partial charge in [0, 0.05) is 25.7 Å². The van der Waals surface area contributed by atoms with Gasteiger partial charge in [-0.2, -0.15) is 0 Å². The Hall–Kier alpha value is -2.12. The van der Waals surface area contributed by atoms with Crippen molar-refractivity contribution in [3.63, 3.8) is 0 Å². The standard InChI is InChI=1S/C11H14N4O3/c1-17-7-11(13,10(12)16)8-6-18-5-4-15-3-2-14-9(8)15/h2-6H,7,13H2,1H3,(H2,12,16). The second-order valence-corrected chi connectivity index (χ2v) is 3.88. The SMILES string of the molecule is COCC(N)(C(N)=O)C1=COC=Cn2ccnc21.